The van der Waals surface area contributed by atoms with E-state index in [1.165, 1.54) is 32.1 Å². The molecule has 0 amide bonds. The van der Waals surface area contributed by atoms with Gasteiger partial charge in [0, 0.05) is 12.6 Å². The van der Waals surface area contributed by atoms with Crippen molar-refractivity contribution in [3.8, 4) is 0 Å². The number of rotatable bonds is 3. The van der Waals surface area contributed by atoms with Crippen LogP contribution < -0.4 is 0 Å². The summed E-state index contributed by atoms with van der Waals surface area (Å²) < 4.78 is 26.9. The van der Waals surface area contributed by atoms with Crippen LogP contribution >= 0.6 is 0 Å². The standard InChI is InChI=1S/C15H21NO2S/c1-12-7-5-6-10-15(12)19(17,18)16-11-14(16)13-8-3-2-4-9-13/h5-7,10,13-14H,2-4,8-9,11H2,1H3. The molecule has 1 aromatic rings. The molecule has 104 valence electrons. The van der Waals surface area contributed by atoms with E-state index in [0.29, 0.717) is 10.8 Å². The highest BCUT2D eigenvalue weighted by Crippen LogP contribution is 2.39. The molecule has 0 radical (unpaired) electrons. The fourth-order valence-corrected chi connectivity index (χ4v) is 5.14. The SMILES string of the molecule is Cc1ccccc1S(=O)(=O)N1CC1C1CCCCC1. The predicted molar refractivity (Wildman–Crippen MR) is 75.4 cm³/mol. The molecule has 1 saturated carbocycles. The average Bonchev–Trinajstić information content (AvgIpc) is 3.21. The Kier molecular flexibility index (Phi) is 3.39. The molecule has 1 aliphatic heterocycles. The molecule has 0 aromatic heterocycles. The highest BCUT2D eigenvalue weighted by atomic mass is 32.2. The van der Waals surface area contributed by atoms with Crippen LogP contribution in [0.5, 0.6) is 0 Å². The maximum absolute atomic E-state index is 12.6. The van der Waals surface area contributed by atoms with E-state index in [-0.39, 0.29) is 6.04 Å². The van der Waals surface area contributed by atoms with Gasteiger partial charge in [0.1, 0.15) is 0 Å². The molecular formula is C15H21NO2S. The largest absolute Gasteiger partial charge is 0.243 e. The van der Waals surface area contributed by atoms with Crippen LogP contribution in [0.15, 0.2) is 29.2 Å². The van der Waals surface area contributed by atoms with Crippen molar-refractivity contribution >= 4 is 10.0 Å². The summed E-state index contributed by atoms with van der Waals surface area (Å²) in [5.41, 5.74) is 0.844. The van der Waals surface area contributed by atoms with Crippen molar-refractivity contribution in [3.05, 3.63) is 29.8 Å². The molecule has 1 aromatic carbocycles. The van der Waals surface area contributed by atoms with Gasteiger partial charge in [0.05, 0.1) is 4.90 Å². The zero-order valence-corrected chi connectivity index (χ0v) is 12.2. The molecule has 2 aliphatic rings. The van der Waals surface area contributed by atoms with Gasteiger partial charge < -0.3 is 0 Å². The summed E-state index contributed by atoms with van der Waals surface area (Å²) in [5, 5.41) is 0. The zero-order valence-electron chi connectivity index (χ0n) is 11.4. The minimum Gasteiger partial charge on any atom is -0.207 e. The summed E-state index contributed by atoms with van der Waals surface area (Å²) in [7, 11) is -3.26. The van der Waals surface area contributed by atoms with Crippen molar-refractivity contribution in [2.45, 2.75) is 50.0 Å². The van der Waals surface area contributed by atoms with Crippen LogP contribution in [0.4, 0.5) is 0 Å². The van der Waals surface area contributed by atoms with E-state index in [9.17, 15) is 8.42 Å². The Bertz CT molecular complexity index is 561. The van der Waals surface area contributed by atoms with Crippen LogP contribution in [0.2, 0.25) is 0 Å². The second-order valence-corrected chi connectivity index (χ2v) is 7.66. The summed E-state index contributed by atoms with van der Waals surface area (Å²) in [6.07, 6.45) is 6.24. The Morgan fingerprint density at radius 2 is 1.79 bits per heavy atom. The van der Waals surface area contributed by atoms with E-state index in [0.717, 1.165) is 12.1 Å². The molecule has 1 heterocycles. The lowest BCUT2D eigenvalue weighted by atomic mass is 9.87. The number of nitrogens with zero attached hydrogens (tertiary/aromatic N) is 1. The molecule has 3 rings (SSSR count). The first-order valence-electron chi connectivity index (χ1n) is 7.18. The average molecular weight is 279 g/mol. The van der Waals surface area contributed by atoms with Crippen LogP contribution in [-0.4, -0.2) is 25.3 Å². The molecule has 19 heavy (non-hydrogen) atoms. The Morgan fingerprint density at radius 3 is 2.47 bits per heavy atom. The number of hydrogen-bond acceptors (Lipinski definition) is 2. The number of hydrogen-bond donors (Lipinski definition) is 0. The Balaban J connectivity index is 1.78. The lowest BCUT2D eigenvalue weighted by Crippen LogP contribution is -2.21. The Hall–Kier alpha value is -0.870. The Labute approximate surface area is 115 Å². The fourth-order valence-electron chi connectivity index (χ4n) is 3.29. The van der Waals surface area contributed by atoms with Gasteiger partial charge in [-0.25, -0.2) is 8.42 Å². The summed E-state index contributed by atoms with van der Waals surface area (Å²) in [4.78, 5) is 0.480. The van der Waals surface area contributed by atoms with Gasteiger partial charge in [-0.2, -0.15) is 4.31 Å². The van der Waals surface area contributed by atoms with Gasteiger partial charge in [0.2, 0.25) is 10.0 Å². The van der Waals surface area contributed by atoms with E-state index in [1.807, 2.05) is 19.1 Å². The number of sulfonamides is 1. The minimum atomic E-state index is -3.26. The Morgan fingerprint density at radius 1 is 1.11 bits per heavy atom. The normalized spacial score (nSPS) is 28.3. The molecule has 1 saturated heterocycles. The van der Waals surface area contributed by atoms with Crippen molar-refractivity contribution in [1.29, 1.82) is 0 Å². The molecule has 4 heteroatoms. The summed E-state index contributed by atoms with van der Waals surface area (Å²) >= 11 is 0. The quantitative estimate of drug-likeness (QED) is 0.798. The van der Waals surface area contributed by atoms with E-state index >= 15 is 0 Å². The smallest absolute Gasteiger partial charge is 0.207 e. The van der Waals surface area contributed by atoms with E-state index in [2.05, 4.69) is 0 Å². The summed E-state index contributed by atoms with van der Waals surface area (Å²) in [6.45, 7) is 2.59. The first-order chi connectivity index (χ1) is 9.10. The fraction of sp³-hybridized carbons (Fsp3) is 0.600. The molecule has 3 nitrogen and oxygen atoms in total. The number of aryl methyl sites for hydroxylation is 1. The van der Waals surface area contributed by atoms with Crippen LogP contribution in [0.3, 0.4) is 0 Å². The molecule has 0 N–H and O–H groups in total. The van der Waals surface area contributed by atoms with Crippen LogP contribution in [0, 0.1) is 12.8 Å². The molecule has 0 spiro atoms. The van der Waals surface area contributed by atoms with Gasteiger partial charge in [-0.1, -0.05) is 37.5 Å². The van der Waals surface area contributed by atoms with Crippen LogP contribution in [-0.2, 0) is 10.0 Å². The van der Waals surface area contributed by atoms with E-state index in [1.54, 1.807) is 16.4 Å². The molecular weight excluding hydrogens is 258 g/mol. The highest BCUT2D eigenvalue weighted by molar-refractivity contribution is 7.89. The second kappa shape index (κ2) is 4.91. The monoisotopic (exact) mass is 279 g/mol. The predicted octanol–water partition coefficient (Wildman–Crippen LogP) is 2.95. The summed E-state index contributed by atoms with van der Waals surface area (Å²) in [6, 6.07) is 7.55. The number of benzene rings is 1. The highest BCUT2D eigenvalue weighted by Gasteiger charge is 2.48. The van der Waals surface area contributed by atoms with Crippen molar-refractivity contribution in [1.82, 2.24) is 4.31 Å². The molecule has 0 bridgehead atoms. The van der Waals surface area contributed by atoms with Crippen molar-refractivity contribution in [2.24, 2.45) is 5.92 Å². The third-order valence-electron chi connectivity index (χ3n) is 4.48. The van der Waals surface area contributed by atoms with E-state index in [4.69, 9.17) is 0 Å². The van der Waals surface area contributed by atoms with Gasteiger partial charge in [0.25, 0.3) is 0 Å². The molecule has 2 fully saturated rings. The maximum atomic E-state index is 12.6. The first kappa shape index (κ1) is 13.1. The minimum absolute atomic E-state index is 0.268. The van der Waals surface area contributed by atoms with Gasteiger partial charge in [-0.15, -0.1) is 0 Å². The molecule has 2 unspecified atom stereocenters. The topological polar surface area (TPSA) is 37.1 Å². The van der Waals surface area contributed by atoms with Gasteiger partial charge in [-0.3, -0.25) is 0 Å². The lowest BCUT2D eigenvalue weighted by molar-refractivity contribution is 0.336. The third-order valence-corrected chi connectivity index (χ3v) is 6.53. The van der Waals surface area contributed by atoms with Crippen molar-refractivity contribution in [2.75, 3.05) is 6.54 Å². The first-order valence-corrected chi connectivity index (χ1v) is 8.62. The second-order valence-electron chi connectivity index (χ2n) is 5.81. The molecule has 1 aliphatic carbocycles. The maximum Gasteiger partial charge on any atom is 0.243 e. The van der Waals surface area contributed by atoms with E-state index < -0.39 is 10.0 Å². The van der Waals surface area contributed by atoms with Gasteiger partial charge in [-0.05, 0) is 37.3 Å². The van der Waals surface area contributed by atoms with Gasteiger partial charge in [0.15, 0.2) is 0 Å². The van der Waals surface area contributed by atoms with Crippen LogP contribution in [0.25, 0.3) is 0 Å². The third kappa shape index (κ3) is 2.43. The van der Waals surface area contributed by atoms with Crippen molar-refractivity contribution in [3.63, 3.8) is 0 Å². The van der Waals surface area contributed by atoms with Crippen molar-refractivity contribution < 1.29 is 8.42 Å². The summed E-state index contributed by atoms with van der Waals surface area (Å²) in [5.74, 6) is 0.590. The molecule has 2 atom stereocenters. The lowest BCUT2D eigenvalue weighted by Gasteiger charge is -2.21. The zero-order chi connectivity index (χ0) is 13.5. The van der Waals surface area contributed by atoms with Gasteiger partial charge >= 0.3 is 0 Å². The van der Waals surface area contributed by atoms with Crippen LogP contribution in [0.1, 0.15) is 37.7 Å².